The van der Waals surface area contributed by atoms with E-state index in [1.165, 1.54) is 6.33 Å². The number of rotatable bonds is 4. The number of aryl methyl sites for hydroxylation is 2. The number of hydrogen-bond donors (Lipinski definition) is 2. The molecule has 1 saturated heterocycles. The fraction of sp³-hybridized carbons (Fsp3) is 0.375. The summed E-state index contributed by atoms with van der Waals surface area (Å²) in [5.74, 6) is 1.56. The fourth-order valence-corrected chi connectivity index (χ4v) is 4.87. The lowest BCUT2D eigenvalue weighted by atomic mass is 10.1. The van der Waals surface area contributed by atoms with Crippen molar-refractivity contribution in [2.24, 2.45) is 0 Å². The van der Waals surface area contributed by atoms with Gasteiger partial charge in [-0.3, -0.25) is 0 Å². The molecule has 6 nitrogen and oxygen atoms in total. The Hall–Kier alpha value is -1.86. The summed E-state index contributed by atoms with van der Waals surface area (Å²) in [5, 5.41) is 6.99. The SMILES string of the molecule is Cc1cc(C)c(Nc2cc(NC3CCS(=O)(=O)C3)ncn2)c(Cl)c1. The lowest BCUT2D eigenvalue weighted by molar-refractivity contribution is 0.602. The standard InChI is InChI=1S/C16H19ClN4O2S/c1-10-5-11(2)16(13(17)6-10)21-15-7-14(18-9-19-15)20-12-3-4-24(22,23)8-12/h5-7,9,12H,3-4,8H2,1-2H3,(H2,18,19,20,21). The Morgan fingerprint density at radius 2 is 1.92 bits per heavy atom. The number of benzene rings is 1. The predicted molar refractivity (Wildman–Crippen MR) is 96.9 cm³/mol. The van der Waals surface area contributed by atoms with Crippen molar-refractivity contribution in [1.29, 1.82) is 0 Å². The second kappa shape index (κ2) is 6.57. The molecule has 0 saturated carbocycles. The molecular weight excluding hydrogens is 348 g/mol. The number of aromatic nitrogens is 2. The summed E-state index contributed by atoms with van der Waals surface area (Å²) in [6.07, 6.45) is 2.03. The minimum atomic E-state index is -2.93. The lowest BCUT2D eigenvalue weighted by Crippen LogP contribution is -2.21. The van der Waals surface area contributed by atoms with Crippen LogP contribution in [0.2, 0.25) is 5.02 Å². The maximum absolute atomic E-state index is 11.5. The minimum absolute atomic E-state index is 0.109. The van der Waals surface area contributed by atoms with Gasteiger partial charge in [-0.2, -0.15) is 0 Å². The molecule has 3 rings (SSSR count). The molecule has 1 aliphatic rings. The third-order valence-corrected chi connectivity index (χ3v) is 6.00. The van der Waals surface area contributed by atoms with E-state index in [0.29, 0.717) is 23.1 Å². The molecule has 2 aromatic rings. The molecule has 24 heavy (non-hydrogen) atoms. The molecule has 2 heterocycles. The van der Waals surface area contributed by atoms with Gasteiger partial charge in [0, 0.05) is 12.1 Å². The van der Waals surface area contributed by atoms with Crippen LogP contribution in [0.5, 0.6) is 0 Å². The van der Waals surface area contributed by atoms with E-state index in [1.807, 2.05) is 26.0 Å². The summed E-state index contributed by atoms with van der Waals surface area (Å²) in [4.78, 5) is 8.36. The average Bonchev–Trinajstić information content (AvgIpc) is 2.82. The number of nitrogens with zero attached hydrogens (tertiary/aromatic N) is 2. The molecule has 0 radical (unpaired) electrons. The molecule has 0 bridgehead atoms. The van der Waals surface area contributed by atoms with Crippen molar-refractivity contribution in [1.82, 2.24) is 9.97 Å². The first-order valence-electron chi connectivity index (χ1n) is 7.65. The van der Waals surface area contributed by atoms with Crippen LogP contribution in [0.3, 0.4) is 0 Å². The van der Waals surface area contributed by atoms with Crippen molar-refractivity contribution in [3.63, 3.8) is 0 Å². The van der Waals surface area contributed by atoms with E-state index in [4.69, 9.17) is 11.6 Å². The van der Waals surface area contributed by atoms with Gasteiger partial charge in [-0.25, -0.2) is 18.4 Å². The van der Waals surface area contributed by atoms with Crippen LogP contribution in [0.1, 0.15) is 17.5 Å². The van der Waals surface area contributed by atoms with Crippen molar-refractivity contribution in [2.45, 2.75) is 26.3 Å². The molecule has 0 aliphatic carbocycles. The van der Waals surface area contributed by atoms with Gasteiger partial charge in [0.25, 0.3) is 0 Å². The molecule has 8 heteroatoms. The molecule has 0 amide bonds. The average molecular weight is 367 g/mol. The van der Waals surface area contributed by atoms with Crippen LogP contribution in [0, 0.1) is 13.8 Å². The molecule has 1 aromatic heterocycles. The third kappa shape index (κ3) is 3.96. The Morgan fingerprint density at radius 3 is 2.58 bits per heavy atom. The zero-order valence-electron chi connectivity index (χ0n) is 13.5. The zero-order chi connectivity index (χ0) is 17.3. The maximum atomic E-state index is 11.5. The first-order chi connectivity index (χ1) is 11.3. The van der Waals surface area contributed by atoms with Crippen LogP contribution in [0.15, 0.2) is 24.5 Å². The molecule has 2 N–H and O–H groups in total. The van der Waals surface area contributed by atoms with Gasteiger partial charge in [0.1, 0.15) is 18.0 Å². The molecule has 1 aliphatic heterocycles. The minimum Gasteiger partial charge on any atom is -0.366 e. The van der Waals surface area contributed by atoms with Crippen molar-refractivity contribution >= 4 is 38.8 Å². The van der Waals surface area contributed by atoms with E-state index in [1.54, 1.807) is 6.07 Å². The Morgan fingerprint density at radius 1 is 1.17 bits per heavy atom. The summed E-state index contributed by atoms with van der Waals surface area (Å²) in [7, 11) is -2.93. The quantitative estimate of drug-likeness (QED) is 0.865. The van der Waals surface area contributed by atoms with E-state index in [0.717, 1.165) is 16.8 Å². The van der Waals surface area contributed by atoms with Crippen molar-refractivity contribution in [3.8, 4) is 0 Å². The van der Waals surface area contributed by atoms with E-state index in [2.05, 4.69) is 20.6 Å². The first kappa shape index (κ1) is 17.0. The van der Waals surface area contributed by atoms with Crippen molar-refractivity contribution < 1.29 is 8.42 Å². The summed E-state index contributed by atoms with van der Waals surface area (Å²) >= 11 is 6.31. The largest absolute Gasteiger partial charge is 0.366 e. The Bertz CT molecular complexity index is 847. The second-order valence-corrected chi connectivity index (χ2v) is 8.73. The molecule has 1 aromatic carbocycles. The smallest absolute Gasteiger partial charge is 0.152 e. The Labute approximate surface area is 146 Å². The van der Waals surface area contributed by atoms with Gasteiger partial charge in [-0.05, 0) is 37.5 Å². The topological polar surface area (TPSA) is 84.0 Å². The number of sulfone groups is 1. The molecule has 1 atom stereocenters. The monoisotopic (exact) mass is 366 g/mol. The molecule has 1 unspecified atom stereocenters. The number of halogens is 1. The van der Waals surface area contributed by atoms with Gasteiger partial charge in [0.05, 0.1) is 22.2 Å². The fourth-order valence-electron chi connectivity index (χ4n) is 2.82. The molecule has 0 spiro atoms. The highest BCUT2D eigenvalue weighted by Gasteiger charge is 2.27. The zero-order valence-corrected chi connectivity index (χ0v) is 15.1. The lowest BCUT2D eigenvalue weighted by Gasteiger charge is -2.14. The van der Waals surface area contributed by atoms with Gasteiger partial charge < -0.3 is 10.6 Å². The van der Waals surface area contributed by atoms with Gasteiger partial charge >= 0.3 is 0 Å². The molecular formula is C16H19ClN4O2S. The maximum Gasteiger partial charge on any atom is 0.152 e. The van der Waals surface area contributed by atoms with Gasteiger partial charge in [0.2, 0.25) is 0 Å². The van der Waals surface area contributed by atoms with Crippen molar-refractivity contribution in [2.75, 3.05) is 22.1 Å². The van der Waals surface area contributed by atoms with Crippen molar-refractivity contribution in [3.05, 3.63) is 40.7 Å². The number of anilines is 3. The van der Waals surface area contributed by atoms with E-state index in [9.17, 15) is 8.42 Å². The summed E-state index contributed by atoms with van der Waals surface area (Å²) in [5.41, 5.74) is 2.92. The second-order valence-electron chi connectivity index (χ2n) is 6.10. The van der Waals surface area contributed by atoms with Crippen LogP contribution >= 0.6 is 11.6 Å². The van der Waals surface area contributed by atoms with E-state index >= 15 is 0 Å². The Balaban J connectivity index is 1.77. The van der Waals surface area contributed by atoms with Gasteiger partial charge in [-0.1, -0.05) is 17.7 Å². The first-order valence-corrected chi connectivity index (χ1v) is 9.85. The van der Waals surface area contributed by atoms with Crippen LogP contribution in [-0.2, 0) is 9.84 Å². The van der Waals surface area contributed by atoms with Crippen LogP contribution in [0.25, 0.3) is 0 Å². The normalized spacial score (nSPS) is 19.2. The molecule has 128 valence electrons. The number of hydrogen-bond acceptors (Lipinski definition) is 6. The third-order valence-electron chi connectivity index (χ3n) is 3.94. The highest BCUT2D eigenvalue weighted by atomic mass is 35.5. The van der Waals surface area contributed by atoms with Crippen LogP contribution in [0.4, 0.5) is 17.3 Å². The predicted octanol–water partition coefficient (Wildman–Crippen LogP) is 3.09. The summed E-state index contributed by atoms with van der Waals surface area (Å²) in [6, 6.07) is 5.57. The van der Waals surface area contributed by atoms with Crippen LogP contribution < -0.4 is 10.6 Å². The van der Waals surface area contributed by atoms with Gasteiger partial charge in [0.15, 0.2) is 9.84 Å². The van der Waals surface area contributed by atoms with E-state index in [-0.39, 0.29) is 17.5 Å². The Kier molecular flexibility index (Phi) is 4.64. The van der Waals surface area contributed by atoms with E-state index < -0.39 is 9.84 Å². The molecule has 1 fully saturated rings. The summed E-state index contributed by atoms with van der Waals surface area (Å²) in [6.45, 7) is 3.97. The van der Waals surface area contributed by atoms with Gasteiger partial charge in [-0.15, -0.1) is 0 Å². The van der Waals surface area contributed by atoms with Crippen LogP contribution in [-0.4, -0.2) is 35.9 Å². The number of nitrogens with one attached hydrogen (secondary N) is 2. The highest BCUT2D eigenvalue weighted by molar-refractivity contribution is 7.91. The highest BCUT2D eigenvalue weighted by Crippen LogP contribution is 2.30. The summed E-state index contributed by atoms with van der Waals surface area (Å²) < 4.78 is 23.1.